The van der Waals surface area contributed by atoms with Gasteiger partial charge in [-0.3, -0.25) is 4.79 Å². The number of ketones is 1. The smallest absolute Gasteiger partial charge is 0.135 e. The van der Waals surface area contributed by atoms with Crippen LogP contribution >= 0.6 is 11.6 Å². The van der Waals surface area contributed by atoms with Gasteiger partial charge >= 0.3 is 0 Å². The van der Waals surface area contributed by atoms with Crippen molar-refractivity contribution in [3.63, 3.8) is 0 Å². The molecule has 5 heteroatoms. The van der Waals surface area contributed by atoms with E-state index in [1.807, 2.05) is 12.1 Å². The zero-order chi connectivity index (χ0) is 11.5. The van der Waals surface area contributed by atoms with E-state index in [9.17, 15) is 9.00 Å². The van der Waals surface area contributed by atoms with Crippen molar-refractivity contribution in [2.75, 3.05) is 13.1 Å². The minimum absolute atomic E-state index is 0.243. The van der Waals surface area contributed by atoms with Crippen molar-refractivity contribution in [1.82, 2.24) is 4.31 Å². The molecule has 0 amide bonds. The number of rotatable bonds is 2. The lowest BCUT2D eigenvalue weighted by Gasteiger charge is -2.24. The minimum Gasteiger partial charge on any atom is -0.300 e. The van der Waals surface area contributed by atoms with Crippen molar-refractivity contribution in [2.24, 2.45) is 0 Å². The molecule has 1 aromatic rings. The summed E-state index contributed by atoms with van der Waals surface area (Å²) < 4.78 is 14.0. The molecule has 0 aromatic heterocycles. The van der Waals surface area contributed by atoms with Crippen LogP contribution in [0.1, 0.15) is 12.8 Å². The van der Waals surface area contributed by atoms with E-state index in [0.717, 1.165) is 0 Å². The van der Waals surface area contributed by atoms with E-state index < -0.39 is 11.0 Å². The van der Waals surface area contributed by atoms with Crippen molar-refractivity contribution < 1.29 is 9.00 Å². The lowest BCUT2D eigenvalue weighted by atomic mass is 10.1. The van der Waals surface area contributed by atoms with Gasteiger partial charge in [-0.25, -0.2) is 8.51 Å². The highest BCUT2D eigenvalue weighted by Crippen LogP contribution is 2.22. The van der Waals surface area contributed by atoms with Crippen molar-refractivity contribution in [3.05, 3.63) is 29.3 Å². The number of nitrogens with zero attached hydrogens (tertiary/aromatic N) is 1. The van der Waals surface area contributed by atoms with Gasteiger partial charge in [0.15, 0.2) is 0 Å². The number of benzene rings is 1. The third kappa shape index (κ3) is 2.51. The molecule has 86 valence electrons. The molecule has 16 heavy (non-hydrogen) atoms. The first-order valence-electron chi connectivity index (χ1n) is 5.11. The summed E-state index contributed by atoms with van der Waals surface area (Å²) in [5.74, 6) is 0.243. The number of hydrogen-bond donors (Lipinski definition) is 0. The molecule has 1 aromatic carbocycles. The Labute approximate surface area is 102 Å². The van der Waals surface area contributed by atoms with Gasteiger partial charge in [0.05, 0.1) is 9.92 Å². The van der Waals surface area contributed by atoms with Crippen LogP contribution in [0.25, 0.3) is 0 Å². The minimum atomic E-state index is -1.25. The molecular formula is C11H12ClNO2S. The fourth-order valence-electron chi connectivity index (χ4n) is 1.63. The average molecular weight is 258 g/mol. The SMILES string of the molecule is O=C1CCN(S(=O)c2ccccc2Cl)CC1. The summed E-state index contributed by atoms with van der Waals surface area (Å²) in [4.78, 5) is 11.7. The number of carbonyl (C=O) groups is 1. The lowest BCUT2D eigenvalue weighted by Crippen LogP contribution is -2.35. The van der Waals surface area contributed by atoms with Gasteiger partial charge in [0, 0.05) is 25.9 Å². The largest absolute Gasteiger partial charge is 0.300 e. The summed E-state index contributed by atoms with van der Waals surface area (Å²) in [6.07, 6.45) is 0.965. The van der Waals surface area contributed by atoms with E-state index in [2.05, 4.69) is 0 Å². The summed E-state index contributed by atoms with van der Waals surface area (Å²) in [6, 6.07) is 7.11. The Bertz CT molecular complexity index is 426. The zero-order valence-electron chi connectivity index (χ0n) is 8.69. The molecule has 1 unspecified atom stereocenters. The van der Waals surface area contributed by atoms with Gasteiger partial charge in [0.2, 0.25) is 0 Å². The third-order valence-corrected chi connectivity index (χ3v) is 4.55. The van der Waals surface area contributed by atoms with Gasteiger partial charge in [-0.15, -0.1) is 0 Å². The van der Waals surface area contributed by atoms with Crippen LogP contribution in [0.15, 0.2) is 29.2 Å². The highest BCUT2D eigenvalue weighted by molar-refractivity contribution is 7.82. The molecule has 0 radical (unpaired) electrons. The average Bonchev–Trinajstić information content (AvgIpc) is 2.30. The highest BCUT2D eigenvalue weighted by Gasteiger charge is 2.22. The number of carbonyl (C=O) groups excluding carboxylic acids is 1. The van der Waals surface area contributed by atoms with Crippen LogP contribution in [0.4, 0.5) is 0 Å². The fraction of sp³-hybridized carbons (Fsp3) is 0.364. The van der Waals surface area contributed by atoms with Gasteiger partial charge in [-0.1, -0.05) is 23.7 Å². The van der Waals surface area contributed by atoms with Crippen LogP contribution in [-0.2, 0) is 15.8 Å². The van der Waals surface area contributed by atoms with Crippen molar-refractivity contribution in [1.29, 1.82) is 0 Å². The molecular weight excluding hydrogens is 246 g/mol. The van der Waals surface area contributed by atoms with Crippen LogP contribution in [0.3, 0.4) is 0 Å². The lowest BCUT2D eigenvalue weighted by molar-refractivity contribution is -0.120. The van der Waals surface area contributed by atoms with E-state index in [4.69, 9.17) is 11.6 Å². The molecule has 0 N–H and O–H groups in total. The van der Waals surface area contributed by atoms with E-state index in [1.54, 1.807) is 16.4 Å². The first-order chi connectivity index (χ1) is 7.68. The van der Waals surface area contributed by atoms with Gasteiger partial charge in [-0.05, 0) is 12.1 Å². The van der Waals surface area contributed by atoms with Gasteiger partial charge < -0.3 is 0 Å². The quantitative estimate of drug-likeness (QED) is 0.813. The summed E-state index contributed by atoms with van der Waals surface area (Å²) in [7, 11) is -1.25. The summed E-state index contributed by atoms with van der Waals surface area (Å²) in [6.45, 7) is 1.10. The summed E-state index contributed by atoms with van der Waals surface area (Å²) in [5, 5.41) is 0.512. The Morgan fingerprint density at radius 3 is 2.44 bits per heavy atom. The number of hydrogen-bond acceptors (Lipinski definition) is 2. The number of halogens is 1. The molecule has 0 bridgehead atoms. The standard InChI is InChI=1S/C11H12ClNO2S/c12-10-3-1-2-4-11(10)16(15)13-7-5-9(14)6-8-13/h1-4H,5-8H2. The molecule has 1 atom stereocenters. The summed E-state index contributed by atoms with van der Waals surface area (Å²) in [5.41, 5.74) is 0. The Kier molecular flexibility index (Phi) is 3.74. The Balaban J connectivity index is 2.14. The predicted molar refractivity (Wildman–Crippen MR) is 63.7 cm³/mol. The van der Waals surface area contributed by atoms with Gasteiger partial charge in [-0.2, -0.15) is 0 Å². The second kappa shape index (κ2) is 5.08. The van der Waals surface area contributed by atoms with Crippen LogP contribution in [0, 0.1) is 0 Å². The van der Waals surface area contributed by atoms with Crippen LogP contribution < -0.4 is 0 Å². The first-order valence-corrected chi connectivity index (χ1v) is 6.60. The molecule has 0 saturated carbocycles. The molecule has 1 aliphatic rings. The van der Waals surface area contributed by atoms with Crippen molar-refractivity contribution in [2.45, 2.75) is 17.7 Å². The Hall–Kier alpha value is -0.710. The van der Waals surface area contributed by atoms with E-state index in [1.165, 1.54) is 0 Å². The second-order valence-corrected chi connectivity index (χ2v) is 5.51. The highest BCUT2D eigenvalue weighted by atomic mass is 35.5. The van der Waals surface area contributed by atoms with Gasteiger partial charge in [0.25, 0.3) is 0 Å². The van der Waals surface area contributed by atoms with Crippen LogP contribution in [-0.4, -0.2) is 27.4 Å². The molecule has 1 aliphatic heterocycles. The fourth-order valence-corrected chi connectivity index (χ4v) is 3.18. The maximum Gasteiger partial charge on any atom is 0.135 e. The molecule has 0 aliphatic carbocycles. The van der Waals surface area contributed by atoms with E-state index in [0.29, 0.717) is 35.8 Å². The van der Waals surface area contributed by atoms with Crippen molar-refractivity contribution in [3.8, 4) is 0 Å². The first kappa shape index (κ1) is 11.8. The zero-order valence-corrected chi connectivity index (χ0v) is 10.3. The molecule has 2 rings (SSSR count). The topological polar surface area (TPSA) is 37.4 Å². The normalized spacial score (nSPS) is 19.7. The van der Waals surface area contributed by atoms with Crippen molar-refractivity contribution >= 4 is 28.4 Å². The van der Waals surface area contributed by atoms with Crippen LogP contribution in [0.2, 0.25) is 5.02 Å². The molecule has 1 heterocycles. The van der Waals surface area contributed by atoms with E-state index >= 15 is 0 Å². The molecule has 1 saturated heterocycles. The van der Waals surface area contributed by atoms with Gasteiger partial charge in [0.1, 0.15) is 16.8 Å². The summed E-state index contributed by atoms with van der Waals surface area (Å²) >= 11 is 5.98. The third-order valence-electron chi connectivity index (χ3n) is 2.54. The maximum absolute atomic E-state index is 12.2. The second-order valence-electron chi connectivity index (χ2n) is 3.65. The Morgan fingerprint density at radius 2 is 1.81 bits per heavy atom. The van der Waals surface area contributed by atoms with E-state index in [-0.39, 0.29) is 5.78 Å². The Morgan fingerprint density at radius 1 is 1.19 bits per heavy atom. The molecule has 3 nitrogen and oxygen atoms in total. The maximum atomic E-state index is 12.2. The monoisotopic (exact) mass is 257 g/mol. The number of Topliss-reactive ketones (excluding diaryl/α,β-unsaturated/α-hetero) is 1. The number of piperidine rings is 1. The molecule has 0 spiro atoms. The van der Waals surface area contributed by atoms with Crippen LogP contribution in [0.5, 0.6) is 0 Å². The molecule has 1 fully saturated rings. The predicted octanol–water partition coefficient (Wildman–Crippen LogP) is 2.03.